The van der Waals surface area contributed by atoms with Crippen LogP contribution in [0.15, 0.2) is 18.2 Å². The van der Waals surface area contributed by atoms with Gasteiger partial charge < -0.3 is 14.7 Å². The standard InChI is InChI=1S/C18H25NO2.ClH/c1-19-10-9-18-8-4-3-5-14(18)16(19)17(20)13-7-6-12(21-2)11-15(13)18;/h6-7,11,14,16-17,20H,3-5,8-10H2,1-2H3;1H/t14-,16-,17?,18+;/m1./s1. The zero-order chi connectivity index (χ0) is 14.6. The molecular weight excluding hydrogens is 298 g/mol. The van der Waals surface area contributed by atoms with Crippen LogP contribution in [0, 0.1) is 5.92 Å². The van der Waals surface area contributed by atoms with E-state index in [0.717, 1.165) is 17.9 Å². The summed E-state index contributed by atoms with van der Waals surface area (Å²) in [4.78, 5) is 2.39. The van der Waals surface area contributed by atoms with Crippen molar-refractivity contribution >= 4 is 12.4 Å². The van der Waals surface area contributed by atoms with Crippen molar-refractivity contribution in [2.75, 3.05) is 20.7 Å². The second kappa shape index (κ2) is 5.70. The molecule has 2 bridgehead atoms. The molecule has 2 fully saturated rings. The highest BCUT2D eigenvalue weighted by Crippen LogP contribution is 2.58. The van der Waals surface area contributed by atoms with E-state index in [-0.39, 0.29) is 23.9 Å². The molecule has 1 saturated carbocycles. The number of benzene rings is 1. The van der Waals surface area contributed by atoms with Crippen LogP contribution in [0.2, 0.25) is 0 Å². The Morgan fingerprint density at radius 3 is 2.86 bits per heavy atom. The number of hydrogen-bond donors (Lipinski definition) is 1. The predicted molar refractivity (Wildman–Crippen MR) is 89.9 cm³/mol. The molecule has 1 unspecified atom stereocenters. The Balaban J connectivity index is 0.00000144. The van der Waals surface area contributed by atoms with Gasteiger partial charge in [-0.05, 0) is 62.0 Å². The summed E-state index contributed by atoms with van der Waals surface area (Å²) in [7, 11) is 3.91. The average Bonchev–Trinajstić information content (AvgIpc) is 2.53. The fraction of sp³-hybridized carbons (Fsp3) is 0.667. The van der Waals surface area contributed by atoms with Gasteiger partial charge in [-0.2, -0.15) is 0 Å². The van der Waals surface area contributed by atoms with Crippen LogP contribution in [0.25, 0.3) is 0 Å². The molecule has 1 aromatic rings. The van der Waals surface area contributed by atoms with Gasteiger partial charge in [0.2, 0.25) is 0 Å². The van der Waals surface area contributed by atoms with Crippen molar-refractivity contribution in [1.82, 2.24) is 4.90 Å². The van der Waals surface area contributed by atoms with Gasteiger partial charge in [-0.15, -0.1) is 12.4 Å². The third-order valence-corrected chi connectivity index (χ3v) is 6.37. The van der Waals surface area contributed by atoms with Gasteiger partial charge in [0.1, 0.15) is 5.75 Å². The van der Waals surface area contributed by atoms with Crippen molar-refractivity contribution in [3.05, 3.63) is 29.3 Å². The molecule has 22 heavy (non-hydrogen) atoms. The number of likely N-dealkylation sites (N-methyl/N-ethyl adjacent to an activating group) is 1. The third kappa shape index (κ3) is 2.02. The largest absolute Gasteiger partial charge is 0.497 e. The van der Waals surface area contributed by atoms with Gasteiger partial charge in [0.05, 0.1) is 13.2 Å². The molecule has 1 N–H and O–H groups in total. The average molecular weight is 324 g/mol. The molecule has 4 rings (SSSR count). The molecule has 4 heteroatoms. The molecule has 0 radical (unpaired) electrons. The van der Waals surface area contributed by atoms with Gasteiger partial charge in [0.15, 0.2) is 0 Å². The number of methoxy groups -OCH3 is 1. The van der Waals surface area contributed by atoms with Gasteiger partial charge in [-0.1, -0.05) is 18.9 Å². The lowest BCUT2D eigenvalue weighted by molar-refractivity contribution is -0.0680. The normalized spacial score (nSPS) is 36.8. The van der Waals surface area contributed by atoms with E-state index in [0.29, 0.717) is 12.0 Å². The number of ether oxygens (including phenoxy) is 1. The quantitative estimate of drug-likeness (QED) is 0.860. The highest BCUT2D eigenvalue weighted by molar-refractivity contribution is 5.85. The molecule has 0 aromatic heterocycles. The minimum Gasteiger partial charge on any atom is -0.497 e. The van der Waals surface area contributed by atoms with Crippen LogP contribution in [0.4, 0.5) is 0 Å². The number of piperidine rings is 1. The second-order valence-electron chi connectivity index (χ2n) is 7.13. The molecule has 3 aliphatic rings. The minimum absolute atomic E-state index is 0. The molecule has 2 aliphatic carbocycles. The summed E-state index contributed by atoms with van der Waals surface area (Å²) in [6.45, 7) is 1.09. The van der Waals surface area contributed by atoms with Gasteiger partial charge in [-0.25, -0.2) is 0 Å². The zero-order valence-corrected chi connectivity index (χ0v) is 14.2. The monoisotopic (exact) mass is 323 g/mol. The summed E-state index contributed by atoms with van der Waals surface area (Å²) in [5.41, 5.74) is 2.80. The van der Waals surface area contributed by atoms with Crippen molar-refractivity contribution in [2.45, 2.75) is 49.7 Å². The van der Waals surface area contributed by atoms with Crippen molar-refractivity contribution in [1.29, 1.82) is 0 Å². The summed E-state index contributed by atoms with van der Waals surface area (Å²) in [5.74, 6) is 1.52. The van der Waals surface area contributed by atoms with Crippen molar-refractivity contribution < 1.29 is 9.84 Å². The van der Waals surface area contributed by atoms with E-state index >= 15 is 0 Å². The summed E-state index contributed by atoms with van der Waals surface area (Å²) in [6.07, 6.45) is 6.02. The Morgan fingerprint density at radius 1 is 1.27 bits per heavy atom. The Labute approximate surface area is 139 Å². The highest BCUT2D eigenvalue weighted by Gasteiger charge is 2.56. The molecular formula is C18H26ClNO2. The van der Waals surface area contributed by atoms with Crippen molar-refractivity contribution in [2.24, 2.45) is 5.92 Å². The van der Waals surface area contributed by atoms with Crippen LogP contribution < -0.4 is 4.74 Å². The smallest absolute Gasteiger partial charge is 0.119 e. The van der Waals surface area contributed by atoms with Crippen LogP contribution in [-0.2, 0) is 5.41 Å². The number of hydrogen-bond acceptors (Lipinski definition) is 3. The molecule has 3 nitrogen and oxygen atoms in total. The Bertz CT molecular complexity index is 564. The summed E-state index contributed by atoms with van der Waals surface area (Å²) in [6, 6.07) is 6.59. The maximum atomic E-state index is 11.0. The molecule has 1 heterocycles. The Hall–Kier alpha value is -0.770. The number of fused-ring (bicyclic) bond motifs is 1. The lowest BCUT2D eigenvalue weighted by Crippen LogP contribution is -2.61. The lowest BCUT2D eigenvalue weighted by atomic mass is 9.52. The molecule has 1 aromatic carbocycles. The van der Waals surface area contributed by atoms with E-state index in [1.165, 1.54) is 37.7 Å². The number of rotatable bonds is 1. The van der Waals surface area contributed by atoms with E-state index in [9.17, 15) is 5.11 Å². The predicted octanol–water partition coefficient (Wildman–Crippen LogP) is 3.30. The van der Waals surface area contributed by atoms with Crippen molar-refractivity contribution in [3.8, 4) is 5.75 Å². The van der Waals surface area contributed by atoms with E-state index < -0.39 is 0 Å². The Morgan fingerprint density at radius 2 is 2.09 bits per heavy atom. The summed E-state index contributed by atoms with van der Waals surface area (Å²) >= 11 is 0. The number of nitrogens with zero attached hydrogens (tertiary/aromatic N) is 1. The third-order valence-electron chi connectivity index (χ3n) is 6.37. The molecule has 1 aliphatic heterocycles. The van der Waals surface area contributed by atoms with E-state index in [2.05, 4.69) is 24.1 Å². The van der Waals surface area contributed by atoms with Crippen LogP contribution in [0.5, 0.6) is 5.75 Å². The number of likely N-dealkylation sites (tertiary alicyclic amines) is 1. The minimum atomic E-state index is -0.354. The number of aliphatic hydroxyl groups excluding tert-OH is 1. The van der Waals surface area contributed by atoms with Gasteiger partial charge >= 0.3 is 0 Å². The van der Waals surface area contributed by atoms with Gasteiger partial charge in [-0.3, -0.25) is 0 Å². The molecule has 0 amide bonds. The van der Waals surface area contributed by atoms with E-state index in [1.807, 2.05) is 6.07 Å². The Kier molecular flexibility index (Phi) is 4.17. The van der Waals surface area contributed by atoms with Gasteiger partial charge in [0, 0.05) is 11.5 Å². The molecule has 4 atom stereocenters. The lowest BCUT2D eigenvalue weighted by Gasteiger charge is -2.59. The molecule has 0 spiro atoms. The molecule has 1 saturated heterocycles. The maximum absolute atomic E-state index is 11.0. The highest BCUT2D eigenvalue weighted by atomic mass is 35.5. The fourth-order valence-corrected chi connectivity index (χ4v) is 5.37. The molecule has 122 valence electrons. The fourth-order valence-electron chi connectivity index (χ4n) is 5.37. The number of aliphatic hydroxyl groups is 1. The SMILES string of the molecule is COc1ccc2c(c1)[C@]13CCCC[C@@H]1[C@H](C2O)N(C)CC3.Cl. The van der Waals surface area contributed by atoms with E-state index in [1.54, 1.807) is 7.11 Å². The first kappa shape index (κ1) is 16.1. The maximum Gasteiger partial charge on any atom is 0.119 e. The summed E-state index contributed by atoms with van der Waals surface area (Å²) < 4.78 is 5.46. The first-order chi connectivity index (χ1) is 10.2. The van der Waals surface area contributed by atoms with Crippen LogP contribution >= 0.6 is 12.4 Å². The summed E-state index contributed by atoms with van der Waals surface area (Å²) in [5, 5.41) is 11.0. The second-order valence-corrected chi connectivity index (χ2v) is 7.13. The van der Waals surface area contributed by atoms with Gasteiger partial charge in [0.25, 0.3) is 0 Å². The first-order valence-electron chi connectivity index (χ1n) is 8.24. The first-order valence-corrected chi connectivity index (χ1v) is 8.24. The van der Waals surface area contributed by atoms with E-state index in [4.69, 9.17) is 4.74 Å². The van der Waals surface area contributed by atoms with Crippen LogP contribution in [0.3, 0.4) is 0 Å². The number of halogens is 1. The zero-order valence-electron chi connectivity index (χ0n) is 13.4. The topological polar surface area (TPSA) is 32.7 Å². The van der Waals surface area contributed by atoms with Crippen LogP contribution in [-0.4, -0.2) is 36.8 Å². The van der Waals surface area contributed by atoms with Crippen LogP contribution in [0.1, 0.15) is 49.3 Å². The van der Waals surface area contributed by atoms with Crippen molar-refractivity contribution in [3.63, 3.8) is 0 Å².